The summed E-state index contributed by atoms with van der Waals surface area (Å²) in [5.74, 6) is 0. The van der Waals surface area contributed by atoms with Crippen LogP contribution >= 0.6 is 61.4 Å². The van der Waals surface area contributed by atoms with E-state index < -0.39 is 0 Å². The van der Waals surface area contributed by atoms with Crippen LogP contribution in [0, 0.1) is 0 Å². The molecule has 0 N–H and O–H groups in total. The maximum atomic E-state index is 3.32. The Bertz CT molecular complexity index is 167. The van der Waals surface area contributed by atoms with Gasteiger partial charge in [-0.1, -0.05) is 0 Å². The predicted molar refractivity (Wildman–Crippen MR) is 53.9 cm³/mol. The summed E-state index contributed by atoms with van der Waals surface area (Å²) in [4.78, 5) is 2.56. The molecule has 0 radical (unpaired) electrons. The molecular formula is C4H2Br2S3. The normalized spacial score (nSPS) is 10.0. The highest BCUT2D eigenvalue weighted by atomic mass is 79.9. The number of hydrogen-bond acceptors (Lipinski definition) is 3. The molecule has 1 aromatic rings. The van der Waals surface area contributed by atoms with Crippen molar-refractivity contribution in [2.75, 3.05) is 0 Å². The van der Waals surface area contributed by atoms with E-state index in [1.807, 2.05) is 0 Å². The van der Waals surface area contributed by atoms with Gasteiger partial charge in [0.15, 0.2) is 0 Å². The van der Waals surface area contributed by atoms with E-state index in [1.165, 1.54) is 9.79 Å². The number of halogens is 2. The van der Waals surface area contributed by atoms with Crippen LogP contribution in [0.4, 0.5) is 0 Å². The lowest BCUT2D eigenvalue weighted by Gasteiger charge is -1.89. The SMILES string of the molecule is BrSc1cscc1SBr. The quantitative estimate of drug-likeness (QED) is 0.786. The van der Waals surface area contributed by atoms with Gasteiger partial charge in [-0.3, -0.25) is 0 Å². The van der Waals surface area contributed by atoms with Crippen molar-refractivity contribution in [1.82, 2.24) is 0 Å². The first-order valence-electron chi connectivity index (χ1n) is 2.02. The highest BCUT2D eigenvalue weighted by molar-refractivity contribution is 9.50. The van der Waals surface area contributed by atoms with Gasteiger partial charge < -0.3 is 0 Å². The zero-order valence-corrected chi connectivity index (χ0v) is 9.76. The summed E-state index contributed by atoms with van der Waals surface area (Å²) in [5.41, 5.74) is 0. The standard InChI is InChI=1S/C4H2Br2S3/c5-8-3-1-7-2-4(3)9-6/h1-2H. The van der Waals surface area contributed by atoms with Crippen molar-refractivity contribution in [3.8, 4) is 0 Å². The molecule has 0 unspecified atom stereocenters. The summed E-state index contributed by atoms with van der Waals surface area (Å²) in [6.45, 7) is 0. The second kappa shape index (κ2) is 4.28. The van der Waals surface area contributed by atoms with Crippen LogP contribution in [0.2, 0.25) is 0 Å². The van der Waals surface area contributed by atoms with E-state index >= 15 is 0 Å². The second-order valence-electron chi connectivity index (χ2n) is 1.25. The Morgan fingerprint density at radius 3 is 1.89 bits per heavy atom. The first kappa shape index (κ1) is 8.46. The zero-order chi connectivity index (χ0) is 6.69. The molecule has 1 heterocycles. The third-order valence-corrected chi connectivity index (χ3v) is 5.03. The van der Waals surface area contributed by atoms with Crippen LogP contribution in [-0.4, -0.2) is 0 Å². The molecule has 1 aromatic heterocycles. The lowest BCUT2D eigenvalue weighted by Crippen LogP contribution is -1.57. The molecule has 5 heteroatoms. The molecule has 0 saturated heterocycles. The van der Waals surface area contributed by atoms with Crippen molar-refractivity contribution in [2.45, 2.75) is 9.79 Å². The fraction of sp³-hybridized carbons (Fsp3) is 0. The van der Waals surface area contributed by atoms with Gasteiger partial charge in [-0.15, -0.1) is 11.3 Å². The molecule has 0 spiro atoms. The Hall–Kier alpha value is 1.36. The minimum atomic E-state index is 1.28. The molecule has 0 aromatic carbocycles. The molecule has 0 aliphatic heterocycles. The van der Waals surface area contributed by atoms with Crippen molar-refractivity contribution < 1.29 is 0 Å². The van der Waals surface area contributed by atoms with E-state index in [9.17, 15) is 0 Å². The first-order chi connectivity index (χ1) is 4.38. The predicted octanol–water partition coefficient (Wildman–Crippen LogP) is 4.55. The van der Waals surface area contributed by atoms with Crippen LogP contribution < -0.4 is 0 Å². The van der Waals surface area contributed by atoms with Crippen molar-refractivity contribution in [1.29, 1.82) is 0 Å². The molecule has 0 nitrogen and oxygen atoms in total. The van der Waals surface area contributed by atoms with E-state index in [-0.39, 0.29) is 0 Å². The minimum absolute atomic E-state index is 1.28. The monoisotopic (exact) mass is 304 g/mol. The lowest BCUT2D eigenvalue weighted by atomic mass is 10.7. The Balaban J connectivity index is 2.85. The Kier molecular flexibility index (Phi) is 4.02. The number of thiophene rings is 1. The summed E-state index contributed by atoms with van der Waals surface area (Å²) in [6.07, 6.45) is 0. The van der Waals surface area contributed by atoms with Crippen molar-refractivity contribution in [3.05, 3.63) is 10.8 Å². The number of hydrogen-bond donors (Lipinski definition) is 0. The fourth-order valence-electron chi connectivity index (χ4n) is 0.386. The molecule has 0 atom stereocenters. The van der Waals surface area contributed by atoms with Gasteiger partial charge in [-0.05, 0) is 50.0 Å². The maximum Gasteiger partial charge on any atom is 0.0440 e. The molecule has 1 rings (SSSR count). The van der Waals surface area contributed by atoms with Crippen LogP contribution in [0.3, 0.4) is 0 Å². The van der Waals surface area contributed by atoms with Gasteiger partial charge in [0.25, 0.3) is 0 Å². The highest BCUT2D eigenvalue weighted by Gasteiger charge is 2.00. The van der Waals surface area contributed by atoms with Crippen molar-refractivity contribution >= 4 is 61.4 Å². The summed E-state index contributed by atoms with van der Waals surface area (Å²) in [5, 5.41) is 4.23. The largest absolute Gasteiger partial charge is 0.150 e. The van der Waals surface area contributed by atoms with Crippen molar-refractivity contribution in [3.63, 3.8) is 0 Å². The molecular weight excluding hydrogens is 304 g/mol. The zero-order valence-electron chi connectivity index (χ0n) is 4.14. The first-order valence-corrected chi connectivity index (χ1v) is 8.28. The molecule has 0 bridgehead atoms. The molecule has 50 valence electrons. The molecule has 0 aliphatic carbocycles. The second-order valence-corrected chi connectivity index (χ2v) is 5.13. The van der Waals surface area contributed by atoms with Gasteiger partial charge in [0, 0.05) is 20.6 Å². The Morgan fingerprint density at radius 2 is 1.56 bits per heavy atom. The van der Waals surface area contributed by atoms with Crippen LogP contribution in [0.25, 0.3) is 0 Å². The minimum Gasteiger partial charge on any atom is -0.150 e. The average Bonchev–Trinajstić information content (AvgIpc) is 2.33. The smallest absolute Gasteiger partial charge is 0.0440 e. The Morgan fingerprint density at radius 1 is 1.11 bits per heavy atom. The maximum absolute atomic E-state index is 3.32. The summed E-state index contributed by atoms with van der Waals surface area (Å²) in [6, 6.07) is 0. The van der Waals surface area contributed by atoms with Gasteiger partial charge >= 0.3 is 0 Å². The Labute approximate surface area is 81.2 Å². The summed E-state index contributed by atoms with van der Waals surface area (Å²) < 4.78 is 0. The number of rotatable bonds is 2. The molecule has 0 saturated carbocycles. The van der Waals surface area contributed by atoms with Gasteiger partial charge in [0.2, 0.25) is 0 Å². The van der Waals surface area contributed by atoms with Gasteiger partial charge in [-0.2, -0.15) is 0 Å². The molecule has 0 aliphatic rings. The average molecular weight is 306 g/mol. The van der Waals surface area contributed by atoms with Gasteiger partial charge in [-0.25, -0.2) is 0 Å². The molecule has 0 amide bonds. The van der Waals surface area contributed by atoms with Crippen LogP contribution in [-0.2, 0) is 0 Å². The van der Waals surface area contributed by atoms with Crippen LogP contribution in [0.1, 0.15) is 0 Å². The van der Waals surface area contributed by atoms with Crippen LogP contribution in [0.15, 0.2) is 20.6 Å². The van der Waals surface area contributed by atoms with Crippen LogP contribution in [0.5, 0.6) is 0 Å². The van der Waals surface area contributed by atoms with Crippen molar-refractivity contribution in [2.24, 2.45) is 0 Å². The van der Waals surface area contributed by atoms with Gasteiger partial charge in [0.05, 0.1) is 0 Å². The highest BCUT2D eigenvalue weighted by Crippen LogP contribution is 2.39. The van der Waals surface area contributed by atoms with Gasteiger partial charge in [0.1, 0.15) is 0 Å². The van der Waals surface area contributed by atoms with E-state index in [4.69, 9.17) is 0 Å². The van der Waals surface area contributed by atoms with E-state index in [0.717, 1.165) is 0 Å². The van der Waals surface area contributed by atoms with E-state index in [1.54, 1.807) is 31.7 Å². The summed E-state index contributed by atoms with van der Waals surface area (Å²) in [7, 11) is 3.20. The molecule has 9 heavy (non-hydrogen) atoms. The van der Waals surface area contributed by atoms with E-state index in [0.29, 0.717) is 0 Å². The molecule has 0 fully saturated rings. The summed E-state index contributed by atoms with van der Waals surface area (Å²) >= 11 is 8.35. The van der Waals surface area contributed by atoms with E-state index in [2.05, 4.69) is 40.4 Å². The lowest BCUT2D eigenvalue weighted by molar-refractivity contribution is 1.36. The third-order valence-electron chi connectivity index (χ3n) is 0.759. The topological polar surface area (TPSA) is 0 Å². The fourth-order valence-corrected chi connectivity index (χ4v) is 5.31. The third kappa shape index (κ3) is 2.15.